The second-order valence-electron chi connectivity index (χ2n) is 2.70. The monoisotopic (exact) mass is 347 g/mol. The van der Waals surface area contributed by atoms with Gasteiger partial charge < -0.3 is 4.74 Å². The molecule has 1 aromatic rings. The van der Waals surface area contributed by atoms with Gasteiger partial charge in [-0.25, -0.2) is 4.79 Å². The van der Waals surface area contributed by atoms with E-state index < -0.39 is 5.97 Å². The number of esters is 1. The van der Waals surface area contributed by atoms with Crippen LogP contribution in [0.15, 0.2) is 26.2 Å². The Hall–Kier alpha value is -1.04. The van der Waals surface area contributed by atoms with Crippen molar-refractivity contribution in [1.82, 2.24) is 0 Å². The molecule has 5 nitrogen and oxygen atoms in total. The van der Waals surface area contributed by atoms with Crippen LogP contribution in [0.1, 0.15) is 17.3 Å². The molecule has 0 bridgehead atoms. The highest BCUT2D eigenvalue weighted by molar-refractivity contribution is 9.11. The van der Waals surface area contributed by atoms with Crippen molar-refractivity contribution in [2.45, 2.75) is 6.92 Å². The van der Waals surface area contributed by atoms with Crippen molar-refractivity contribution in [2.24, 2.45) is 5.11 Å². The zero-order valence-corrected chi connectivity index (χ0v) is 11.4. The second kappa shape index (κ2) is 5.89. The van der Waals surface area contributed by atoms with Crippen LogP contribution < -0.4 is 0 Å². The minimum absolute atomic E-state index is 0.312. The molecule has 0 N–H and O–H groups in total. The number of ether oxygens (including phenoxy) is 1. The molecule has 1 aromatic carbocycles. The molecule has 0 radical (unpaired) electrons. The number of rotatable bonds is 3. The molecular weight excluding hydrogens is 342 g/mol. The summed E-state index contributed by atoms with van der Waals surface area (Å²) in [5.41, 5.74) is 9.14. The van der Waals surface area contributed by atoms with E-state index in [9.17, 15) is 4.79 Å². The van der Waals surface area contributed by atoms with E-state index in [2.05, 4.69) is 41.9 Å². The third kappa shape index (κ3) is 2.98. The molecule has 0 aliphatic heterocycles. The van der Waals surface area contributed by atoms with Crippen LogP contribution in [-0.2, 0) is 4.74 Å². The van der Waals surface area contributed by atoms with E-state index in [0.717, 1.165) is 0 Å². The summed E-state index contributed by atoms with van der Waals surface area (Å²) in [6, 6.07) is 3.10. The Morgan fingerprint density at radius 1 is 1.50 bits per heavy atom. The molecule has 0 aliphatic rings. The molecule has 1 rings (SSSR count). The maximum absolute atomic E-state index is 11.5. The predicted molar refractivity (Wildman–Crippen MR) is 66.6 cm³/mol. The zero-order valence-electron chi connectivity index (χ0n) is 8.28. The summed E-state index contributed by atoms with van der Waals surface area (Å²) in [6.07, 6.45) is 0. The van der Waals surface area contributed by atoms with E-state index in [4.69, 9.17) is 10.3 Å². The van der Waals surface area contributed by atoms with Crippen LogP contribution in [0.4, 0.5) is 5.69 Å². The van der Waals surface area contributed by atoms with E-state index in [1.54, 1.807) is 19.1 Å². The first-order chi connectivity index (χ1) is 7.60. The standard InChI is InChI=1S/C9H7Br2N3O2/c1-2-16-9(15)5-3-6(10)8(13-14-12)7(11)4-5/h3-4H,2H2,1H3. The maximum atomic E-state index is 11.5. The molecule has 0 atom stereocenters. The van der Waals surface area contributed by atoms with E-state index in [-0.39, 0.29) is 0 Å². The number of hydrogen-bond acceptors (Lipinski definition) is 3. The Bertz CT molecular complexity index is 447. The molecule has 0 unspecified atom stereocenters. The van der Waals surface area contributed by atoms with Crippen molar-refractivity contribution in [3.63, 3.8) is 0 Å². The van der Waals surface area contributed by atoms with Crippen LogP contribution in [0.5, 0.6) is 0 Å². The van der Waals surface area contributed by atoms with Gasteiger partial charge in [0, 0.05) is 13.9 Å². The van der Waals surface area contributed by atoms with E-state index in [1.807, 2.05) is 0 Å². The van der Waals surface area contributed by atoms with Gasteiger partial charge in [-0.1, -0.05) is 37.0 Å². The van der Waals surface area contributed by atoms with Gasteiger partial charge in [0.2, 0.25) is 0 Å². The van der Waals surface area contributed by atoms with Crippen LogP contribution in [0, 0.1) is 0 Å². The van der Waals surface area contributed by atoms with E-state index >= 15 is 0 Å². The summed E-state index contributed by atoms with van der Waals surface area (Å²) < 4.78 is 5.91. The summed E-state index contributed by atoms with van der Waals surface area (Å²) in [4.78, 5) is 14.1. The minimum Gasteiger partial charge on any atom is -0.462 e. The molecule has 0 saturated carbocycles. The average Bonchev–Trinajstić information content (AvgIpc) is 2.23. The number of azide groups is 1. The van der Waals surface area contributed by atoms with Gasteiger partial charge in [-0.15, -0.1) is 0 Å². The third-order valence-electron chi connectivity index (χ3n) is 1.67. The van der Waals surface area contributed by atoms with Crippen molar-refractivity contribution < 1.29 is 9.53 Å². The fourth-order valence-electron chi connectivity index (χ4n) is 1.04. The molecule has 0 aromatic heterocycles. The maximum Gasteiger partial charge on any atom is 0.338 e. The lowest BCUT2D eigenvalue weighted by atomic mass is 10.2. The average molecular weight is 349 g/mol. The van der Waals surface area contributed by atoms with Crippen LogP contribution in [-0.4, -0.2) is 12.6 Å². The number of nitrogens with zero attached hydrogens (tertiary/aromatic N) is 3. The quantitative estimate of drug-likeness (QED) is 0.353. The Morgan fingerprint density at radius 2 is 2.06 bits per heavy atom. The Kier molecular flexibility index (Phi) is 4.79. The molecular formula is C9H7Br2N3O2. The van der Waals surface area contributed by atoms with Crippen molar-refractivity contribution in [2.75, 3.05) is 6.61 Å². The largest absolute Gasteiger partial charge is 0.462 e. The lowest BCUT2D eigenvalue weighted by molar-refractivity contribution is 0.0526. The fraction of sp³-hybridized carbons (Fsp3) is 0.222. The van der Waals surface area contributed by atoms with Crippen LogP contribution in [0.25, 0.3) is 10.4 Å². The minimum atomic E-state index is -0.420. The molecule has 0 fully saturated rings. The fourth-order valence-corrected chi connectivity index (χ4v) is 2.38. The van der Waals surface area contributed by atoms with Crippen molar-refractivity contribution in [3.8, 4) is 0 Å². The number of hydrogen-bond donors (Lipinski definition) is 0. The van der Waals surface area contributed by atoms with Gasteiger partial charge in [-0.3, -0.25) is 0 Å². The number of halogens is 2. The van der Waals surface area contributed by atoms with Gasteiger partial charge in [0.15, 0.2) is 0 Å². The predicted octanol–water partition coefficient (Wildman–Crippen LogP) is 4.33. The van der Waals surface area contributed by atoms with Gasteiger partial charge in [-0.2, -0.15) is 0 Å². The van der Waals surface area contributed by atoms with E-state index in [0.29, 0.717) is 26.8 Å². The Balaban J connectivity index is 3.19. The van der Waals surface area contributed by atoms with E-state index in [1.165, 1.54) is 0 Å². The molecule has 0 amide bonds. The summed E-state index contributed by atoms with van der Waals surface area (Å²) >= 11 is 6.43. The van der Waals surface area contributed by atoms with Crippen LogP contribution in [0.3, 0.4) is 0 Å². The zero-order chi connectivity index (χ0) is 12.1. The SMILES string of the molecule is CCOC(=O)c1cc(Br)c(N=[N+]=[N-])c(Br)c1. The summed E-state index contributed by atoms with van der Waals surface area (Å²) in [6.45, 7) is 2.04. The lowest BCUT2D eigenvalue weighted by Gasteiger charge is -2.05. The molecule has 16 heavy (non-hydrogen) atoms. The van der Waals surface area contributed by atoms with Crippen LogP contribution >= 0.6 is 31.9 Å². The van der Waals surface area contributed by atoms with Crippen molar-refractivity contribution in [1.29, 1.82) is 0 Å². The molecule has 7 heteroatoms. The smallest absolute Gasteiger partial charge is 0.338 e. The van der Waals surface area contributed by atoms with Gasteiger partial charge in [0.25, 0.3) is 0 Å². The van der Waals surface area contributed by atoms with Crippen molar-refractivity contribution in [3.05, 3.63) is 37.1 Å². The summed E-state index contributed by atoms with van der Waals surface area (Å²) in [5, 5.41) is 3.49. The Labute approximate surface area is 109 Å². The van der Waals surface area contributed by atoms with Crippen LogP contribution in [0.2, 0.25) is 0 Å². The highest BCUT2D eigenvalue weighted by Crippen LogP contribution is 2.35. The Morgan fingerprint density at radius 3 is 2.50 bits per heavy atom. The van der Waals surface area contributed by atoms with Gasteiger partial charge >= 0.3 is 5.97 Å². The van der Waals surface area contributed by atoms with Gasteiger partial charge in [0.1, 0.15) is 0 Å². The lowest BCUT2D eigenvalue weighted by Crippen LogP contribution is -2.04. The van der Waals surface area contributed by atoms with Crippen molar-refractivity contribution >= 4 is 43.5 Å². The first-order valence-corrected chi connectivity index (χ1v) is 5.90. The summed E-state index contributed by atoms with van der Waals surface area (Å²) in [5.74, 6) is -0.420. The molecule has 84 valence electrons. The summed E-state index contributed by atoms with van der Waals surface area (Å²) in [7, 11) is 0. The highest BCUT2D eigenvalue weighted by atomic mass is 79.9. The molecule has 0 spiro atoms. The molecule has 0 aliphatic carbocycles. The molecule has 0 saturated heterocycles. The second-order valence-corrected chi connectivity index (χ2v) is 4.41. The first kappa shape index (κ1) is 13.0. The van der Waals surface area contributed by atoms with Gasteiger partial charge in [-0.05, 0) is 24.6 Å². The number of carbonyl (C=O) groups is 1. The number of benzene rings is 1. The third-order valence-corrected chi connectivity index (χ3v) is 2.88. The van der Waals surface area contributed by atoms with Gasteiger partial charge in [0.05, 0.1) is 17.9 Å². The first-order valence-electron chi connectivity index (χ1n) is 4.31. The normalized spacial score (nSPS) is 9.44. The topological polar surface area (TPSA) is 75.1 Å². The molecule has 0 heterocycles. The highest BCUT2D eigenvalue weighted by Gasteiger charge is 2.12. The number of carbonyl (C=O) groups excluding carboxylic acids is 1.